The van der Waals surface area contributed by atoms with Gasteiger partial charge < -0.3 is 15.6 Å². The van der Waals surface area contributed by atoms with Crippen molar-refractivity contribution >= 4 is 55.6 Å². The molecule has 4 N–H and O–H groups in total. The van der Waals surface area contributed by atoms with Crippen molar-refractivity contribution in [3.63, 3.8) is 0 Å². The number of carbonyl (C=O) groups excluding carboxylic acids is 1. The zero-order valence-corrected chi connectivity index (χ0v) is 15.8. The summed E-state index contributed by atoms with van der Waals surface area (Å²) in [4.78, 5) is 20.3. The molecule has 23 heavy (non-hydrogen) atoms. The summed E-state index contributed by atoms with van der Waals surface area (Å²) in [5, 5.41) is 8.72. The third-order valence-corrected chi connectivity index (χ3v) is 4.53. The van der Waals surface area contributed by atoms with Gasteiger partial charge in [0.1, 0.15) is 6.04 Å². The molecule has 1 rings (SSSR count). The SMILES string of the molecule is CCOC(=O)Cl.NCC(NS(=O)(=O)c1ccc(I)cc1)C(=O)O. The molecule has 0 aliphatic rings. The maximum absolute atomic E-state index is 11.8. The first kappa shape index (κ1) is 22.1. The molecule has 0 saturated carbocycles. The fourth-order valence-electron chi connectivity index (χ4n) is 1.18. The molecule has 0 bridgehead atoms. The summed E-state index contributed by atoms with van der Waals surface area (Å²) < 4.78 is 30.6. The minimum Gasteiger partial charge on any atom is -0.480 e. The summed E-state index contributed by atoms with van der Waals surface area (Å²) in [6, 6.07) is 4.72. The molecule has 0 fully saturated rings. The predicted molar refractivity (Wildman–Crippen MR) is 92.8 cm³/mol. The van der Waals surface area contributed by atoms with Gasteiger partial charge in [-0.1, -0.05) is 0 Å². The lowest BCUT2D eigenvalue weighted by Gasteiger charge is -2.12. The molecule has 1 aromatic rings. The average Bonchev–Trinajstić information content (AvgIpc) is 2.45. The highest BCUT2D eigenvalue weighted by Gasteiger charge is 2.23. The van der Waals surface area contributed by atoms with Gasteiger partial charge in [0.15, 0.2) is 0 Å². The fourth-order valence-corrected chi connectivity index (χ4v) is 2.85. The lowest BCUT2D eigenvalue weighted by atomic mass is 10.3. The van der Waals surface area contributed by atoms with Gasteiger partial charge in [0.25, 0.3) is 0 Å². The standard InChI is InChI=1S/C9H11IN2O4S.C3H5ClO2/c10-6-1-3-7(4-2-6)17(15,16)12-8(5-11)9(13)14;1-2-6-3(4)5/h1-4,8,12H,5,11H2,(H,13,14);2H2,1H3. The number of nitrogens with two attached hydrogens (primary N) is 1. The number of nitrogens with one attached hydrogen (secondary N) is 1. The minimum absolute atomic E-state index is 0.0117. The maximum Gasteiger partial charge on any atom is 0.403 e. The number of aliphatic carboxylic acids is 1. The molecule has 1 atom stereocenters. The lowest BCUT2D eigenvalue weighted by Crippen LogP contribution is -2.45. The van der Waals surface area contributed by atoms with Gasteiger partial charge in [-0.3, -0.25) is 4.79 Å². The third-order valence-electron chi connectivity index (χ3n) is 2.21. The van der Waals surface area contributed by atoms with Crippen LogP contribution in [0, 0.1) is 3.57 Å². The van der Waals surface area contributed by atoms with Gasteiger partial charge in [0.05, 0.1) is 11.5 Å². The van der Waals surface area contributed by atoms with Crippen LogP contribution in [0.5, 0.6) is 0 Å². The molecule has 0 spiro atoms. The van der Waals surface area contributed by atoms with E-state index in [2.05, 4.69) is 4.74 Å². The van der Waals surface area contributed by atoms with Crippen LogP contribution in [0.4, 0.5) is 4.79 Å². The number of carboxylic acid groups (broad SMARTS) is 1. The van der Waals surface area contributed by atoms with Crippen LogP contribution in [0.3, 0.4) is 0 Å². The van der Waals surface area contributed by atoms with E-state index in [1.54, 1.807) is 19.1 Å². The molecule has 8 nitrogen and oxygen atoms in total. The Kier molecular flexibility index (Phi) is 10.3. The highest BCUT2D eigenvalue weighted by atomic mass is 127. The van der Waals surface area contributed by atoms with Crippen molar-refractivity contribution in [3.05, 3.63) is 27.8 Å². The molecule has 0 amide bonds. The van der Waals surface area contributed by atoms with Crippen molar-refractivity contribution in [2.45, 2.75) is 17.9 Å². The quantitative estimate of drug-likeness (QED) is 0.415. The van der Waals surface area contributed by atoms with Gasteiger partial charge >= 0.3 is 11.4 Å². The van der Waals surface area contributed by atoms with Crippen LogP contribution < -0.4 is 10.5 Å². The molecule has 130 valence electrons. The summed E-state index contributed by atoms with van der Waals surface area (Å²) >= 11 is 6.76. The largest absolute Gasteiger partial charge is 0.480 e. The number of hydrogen-bond donors (Lipinski definition) is 3. The van der Waals surface area contributed by atoms with E-state index in [1.165, 1.54) is 12.1 Å². The smallest absolute Gasteiger partial charge is 0.403 e. The number of benzene rings is 1. The second-order valence-electron chi connectivity index (χ2n) is 3.87. The Labute approximate surface area is 152 Å². The number of carboxylic acids is 1. The summed E-state index contributed by atoms with van der Waals surface area (Å²) in [5.41, 5.74) is 4.44. The van der Waals surface area contributed by atoms with Gasteiger partial charge in [0.2, 0.25) is 10.0 Å². The highest BCUT2D eigenvalue weighted by molar-refractivity contribution is 14.1. The second kappa shape index (κ2) is 10.8. The Bertz CT molecular complexity index is 623. The Balaban J connectivity index is 0.000000688. The summed E-state index contributed by atoms with van der Waals surface area (Å²) in [5.74, 6) is -1.30. The number of carbonyl (C=O) groups is 2. The third kappa shape index (κ3) is 9.05. The van der Waals surface area contributed by atoms with E-state index < -0.39 is 27.5 Å². The number of ether oxygens (including phenoxy) is 1. The predicted octanol–water partition coefficient (Wildman–Crippen LogP) is 1.36. The normalized spacial score (nSPS) is 11.8. The first-order valence-electron chi connectivity index (χ1n) is 6.17. The maximum atomic E-state index is 11.8. The molecule has 0 saturated heterocycles. The molecule has 1 unspecified atom stereocenters. The van der Waals surface area contributed by atoms with Crippen molar-refractivity contribution in [1.82, 2.24) is 4.72 Å². The van der Waals surface area contributed by atoms with Gasteiger partial charge in [-0.05, 0) is 53.8 Å². The van der Waals surface area contributed by atoms with Crippen molar-refractivity contribution in [3.8, 4) is 0 Å². The summed E-state index contributed by atoms with van der Waals surface area (Å²) in [7, 11) is -3.85. The Morgan fingerprint density at radius 1 is 1.39 bits per heavy atom. The van der Waals surface area contributed by atoms with Crippen LogP contribution >= 0.6 is 34.2 Å². The molecular weight excluding hydrogens is 463 g/mol. The number of sulfonamides is 1. The molecule has 0 radical (unpaired) electrons. The topological polar surface area (TPSA) is 136 Å². The van der Waals surface area contributed by atoms with E-state index in [9.17, 15) is 18.0 Å². The zero-order valence-electron chi connectivity index (χ0n) is 12.0. The van der Waals surface area contributed by atoms with E-state index in [4.69, 9.17) is 22.4 Å². The molecule has 11 heteroatoms. The van der Waals surface area contributed by atoms with E-state index in [0.29, 0.717) is 6.61 Å². The van der Waals surface area contributed by atoms with E-state index in [0.717, 1.165) is 3.57 Å². The number of halogens is 2. The van der Waals surface area contributed by atoms with Crippen molar-refractivity contribution in [2.75, 3.05) is 13.2 Å². The Morgan fingerprint density at radius 3 is 2.22 bits per heavy atom. The first-order valence-corrected chi connectivity index (χ1v) is 9.11. The van der Waals surface area contributed by atoms with Gasteiger partial charge in [-0.25, -0.2) is 13.2 Å². The van der Waals surface area contributed by atoms with Crippen molar-refractivity contribution in [2.24, 2.45) is 5.73 Å². The molecule has 0 aliphatic heterocycles. The first-order chi connectivity index (χ1) is 10.6. The van der Waals surface area contributed by atoms with Gasteiger partial charge in [0, 0.05) is 21.7 Å². The van der Waals surface area contributed by atoms with Gasteiger partial charge in [-0.15, -0.1) is 0 Å². The molecule has 0 aliphatic carbocycles. The highest BCUT2D eigenvalue weighted by Crippen LogP contribution is 2.12. The van der Waals surface area contributed by atoms with Crippen LogP contribution in [0.25, 0.3) is 0 Å². The monoisotopic (exact) mass is 478 g/mol. The number of rotatable bonds is 6. The molecular formula is C12H16ClIN2O6S. The Hall–Kier alpha value is -0.950. The fraction of sp³-hybridized carbons (Fsp3) is 0.333. The summed E-state index contributed by atoms with van der Waals surface area (Å²) in [6.07, 6.45) is 0. The Morgan fingerprint density at radius 2 is 1.91 bits per heavy atom. The van der Waals surface area contributed by atoms with Crippen LogP contribution in [0.2, 0.25) is 0 Å². The number of hydrogen-bond acceptors (Lipinski definition) is 6. The molecule has 0 heterocycles. The van der Waals surface area contributed by atoms with Crippen molar-refractivity contribution in [1.29, 1.82) is 0 Å². The zero-order chi connectivity index (χ0) is 18.0. The van der Waals surface area contributed by atoms with E-state index in [-0.39, 0.29) is 11.4 Å². The molecule has 0 aromatic heterocycles. The minimum atomic E-state index is -3.85. The van der Waals surface area contributed by atoms with Crippen LogP contribution in [-0.2, 0) is 19.6 Å². The second-order valence-corrected chi connectivity index (χ2v) is 7.14. The average molecular weight is 479 g/mol. The lowest BCUT2D eigenvalue weighted by molar-refractivity contribution is -0.138. The van der Waals surface area contributed by atoms with Crippen LogP contribution in [-0.4, -0.2) is 44.1 Å². The van der Waals surface area contributed by atoms with E-state index in [1.807, 2.05) is 27.3 Å². The van der Waals surface area contributed by atoms with Crippen LogP contribution in [0.1, 0.15) is 6.92 Å². The summed E-state index contributed by atoms with van der Waals surface area (Å²) in [6.45, 7) is 1.74. The van der Waals surface area contributed by atoms with Crippen LogP contribution in [0.15, 0.2) is 29.2 Å². The van der Waals surface area contributed by atoms with Crippen molar-refractivity contribution < 1.29 is 27.9 Å². The van der Waals surface area contributed by atoms with E-state index >= 15 is 0 Å². The van der Waals surface area contributed by atoms with Gasteiger partial charge in [-0.2, -0.15) is 4.72 Å². The molecule has 1 aromatic carbocycles.